The normalized spacial score (nSPS) is 19.4. The molecule has 0 bridgehead atoms. The molecule has 1 heterocycles. The lowest BCUT2D eigenvalue weighted by Crippen LogP contribution is -2.30. The van der Waals surface area contributed by atoms with Gasteiger partial charge in [-0.25, -0.2) is 0 Å². The Hall–Kier alpha value is -0.200. The Morgan fingerprint density at radius 3 is 2.88 bits per heavy atom. The van der Waals surface area contributed by atoms with Crippen LogP contribution < -0.4 is 0 Å². The van der Waals surface area contributed by atoms with Gasteiger partial charge in [0.15, 0.2) is 0 Å². The van der Waals surface area contributed by atoms with E-state index < -0.39 is 0 Å². The zero-order valence-corrected chi connectivity index (χ0v) is 5.28. The largest absolute Gasteiger partial charge is 0.379 e. The summed E-state index contributed by atoms with van der Waals surface area (Å²) in [6, 6.07) is 2.07. The van der Waals surface area contributed by atoms with Crippen LogP contribution in [0.2, 0.25) is 0 Å². The molecule has 0 aliphatic carbocycles. The van der Waals surface area contributed by atoms with Crippen LogP contribution in [-0.2, 0) is 4.74 Å². The summed E-state index contributed by atoms with van der Waals surface area (Å²) in [5.41, 5.74) is 0. The van der Waals surface area contributed by atoms with Crippen LogP contribution >= 0.6 is 11.8 Å². The molecular weight excluding hydrogens is 122 g/mol. The van der Waals surface area contributed by atoms with Gasteiger partial charge in [-0.15, -0.1) is 11.8 Å². The van der Waals surface area contributed by atoms with Gasteiger partial charge in [0.25, 0.3) is 0 Å². The van der Waals surface area contributed by atoms with Gasteiger partial charge in [-0.1, -0.05) is 0 Å². The van der Waals surface area contributed by atoms with E-state index in [-0.39, 0.29) is 0 Å². The Balaban J connectivity index is 1.95. The summed E-state index contributed by atoms with van der Waals surface area (Å²) in [6.07, 6.45) is 0. The Morgan fingerprint density at radius 2 is 2.50 bits per heavy atom. The van der Waals surface area contributed by atoms with Crippen LogP contribution in [-0.4, -0.2) is 24.2 Å². The number of thioether (sulfide) groups is 1. The van der Waals surface area contributed by atoms with E-state index in [2.05, 4.69) is 6.07 Å². The standard InChI is InChI=1S/C5H7NOS/c6-1-2-8-5-3-7-4-5/h5H,2-4H2. The molecule has 2 nitrogen and oxygen atoms in total. The highest BCUT2D eigenvalue weighted by Gasteiger charge is 2.17. The molecule has 1 aliphatic heterocycles. The first-order valence-electron chi connectivity index (χ1n) is 2.50. The maximum atomic E-state index is 8.12. The maximum Gasteiger partial charge on any atom is 0.0812 e. The molecular formula is C5H7NOS. The minimum absolute atomic E-state index is 0.605. The molecule has 1 aliphatic rings. The van der Waals surface area contributed by atoms with E-state index in [1.807, 2.05) is 0 Å². The first-order valence-corrected chi connectivity index (χ1v) is 3.54. The molecule has 8 heavy (non-hydrogen) atoms. The predicted octanol–water partition coefficient (Wildman–Crippen LogP) is 0.642. The van der Waals surface area contributed by atoms with Gasteiger partial charge in [-0.2, -0.15) is 5.26 Å². The summed E-state index contributed by atoms with van der Waals surface area (Å²) in [4.78, 5) is 0. The third-order valence-corrected chi connectivity index (χ3v) is 2.03. The second-order valence-electron chi connectivity index (χ2n) is 1.63. The van der Waals surface area contributed by atoms with Crippen LogP contribution in [0, 0.1) is 11.3 Å². The monoisotopic (exact) mass is 129 g/mol. The predicted molar refractivity (Wildman–Crippen MR) is 32.7 cm³/mol. The van der Waals surface area contributed by atoms with Gasteiger partial charge in [0.05, 0.1) is 30.3 Å². The van der Waals surface area contributed by atoms with Gasteiger partial charge in [0.1, 0.15) is 0 Å². The van der Waals surface area contributed by atoms with Crippen molar-refractivity contribution in [1.29, 1.82) is 5.26 Å². The molecule has 0 spiro atoms. The summed E-state index contributed by atoms with van der Waals surface area (Å²) in [6.45, 7) is 1.68. The fourth-order valence-corrected chi connectivity index (χ4v) is 1.16. The van der Waals surface area contributed by atoms with E-state index in [0.717, 1.165) is 13.2 Å². The molecule has 3 heteroatoms. The first kappa shape index (κ1) is 5.93. The minimum atomic E-state index is 0.605. The lowest BCUT2D eigenvalue weighted by Gasteiger charge is -2.23. The first-order chi connectivity index (χ1) is 3.93. The Morgan fingerprint density at radius 1 is 1.75 bits per heavy atom. The average Bonchev–Trinajstić information content (AvgIpc) is 1.63. The van der Waals surface area contributed by atoms with Gasteiger partial charge >= 0.3 is 0 Å². The fraction of sp³-hybridized carbons (Fsp3) is 0.800. The Kier molecular flexibility index (Phi) is 2.19. The maximum absolute atomic E-state index is 8.12. The van der Waals surface area contributed by atoms with Crippen molar-refractivity contribution < 1.29 is 4.74 Å². The Bertz CT molecular complexity index is 105. The summed E-state index contributed by atoms with van der Waals surface area (Å²) in [5, 5.41) is 8.73. The van der Waals surface area contributed by atoms with E-state index in [4.69, 9.17) is 10.00 Å². The van der Waals surface area contributed by atoms with Gasteiger partial charge in [0.2, 0.25) is 0 Å². The summed E-state index contributed by atoms with van der Waals surface area (Å²) in [7, 11) is 0. The summed E-state index contributed by atoms with van der Waals surface area (Å²) in [5.74, 6) is 0.605. The van der Waals surface area contributed by atoms with E-state index in [1.54, 1.807) is 11.8 Å². The second kappa shape index (κ2) is 2.95. The highest BCUT2D eigenvalue weighted by atomic mass is 32.2. The van der Waals surface area contributed by atoms with Crippen LogP contribution in [0.4, 0.5) is 0 Å². The van der Waals surface area contributed by atoms with E-state index in [0.29, 0.717) is 11.0 Å². The molecule has 0 aromatic heterocycles. The Labute approximate surface area is 52.8 Å². The van der Waals surface area contributed by atoms with Crippen molar-refractivity contribution in [2.45, 2.75) is 5.25 Å². The molecule has 1 rings (SSSR count). The molecule has 1 saturated heterocycles. The third kappa shape index (κ3) is 1.39. The van der Waals surface area contributed by atoms with Crippen molar-refractivity contribution >= 4 is 11.8 Å². The van der Waals surface area contributed by atoms with Crippen molar-refractivity contribution in [3.05, 3.63) is 0 Å². The molecule has 0 unspecified atom stereocenters. The lowest BCUT2D eigenvalue weighted by atomic mass is 10.4. The quantitative estimate of drug-likeness (QED) is 0.548. The molecule has 0 aromatic carbocycles. The number of hydrogen-bond acceptors (Lipinski definition) is 3. The van der Waals surface area contributed by atoms with Crippen LogP contribution in [0.1, 0.15) is 0 Å². The molecule has 0 saturated carbocycles. The molecule has 0 aromatic rings. The highest BCUT2D eigenvalue weighted by molar-refractivity contribution is 8.00. The molecule has 1 fully saturated rings. The van der Waals surface area contributed by atoms with Crippen molar-refractivity contribution in [2.75, 3.05) is 19.0 Å². The highest BCUT2D eigenvalue weighted by Crippen LogP contribution is 2.17. The van der Waals surface area contributed by atoms with E-state index in [9.17, 15) is 0 Å². The van der Waals surface area contributed by atoms with Gasteiger partial charge in [0, 0.05) is 0 Å². The van der Waals surface area contributed by atoms with Gasteiger partial charge < -0.3 is 4.74 Å². The summed E-state index contributed by atoms with van der Waals surface area (Å²) >= 11 is 1.68. The molecule has 0 atom stereocenters. The molecule has 0 amide bonds. The number of ether oxygens (including phenoxy) is 1. The van der Waals surface area contributed by atoms with E-state index in [1.165, 1.54) is 0 Å². The number of nitrogens with zero attached hydrogens (tertiary/aromatic N) is 1. The van der Waals surface area contributed by atoms with Crippen molar-refractivity contribution in [3.8, 4) is 6.07 Å². The molecule has 0 radical (unpaired) electrons. The summed E-state index contributed by atoms with van der Waals surface area (Å²) < 4.78 is 4.90. The van der Waals surface area contributed by atoms with Crippen LogP contribution in [0.15, 0.2) is 0 Å². The number of rotatable bonds is 2. The number of nitriles is 1. The smallest absolute Gasteiger partial charge is 0.0812 e. The molecule has 0 N–H and O–H groups in total. The number of hydrogen-bond donors (Lipinski definition) is 0. The fourth-order valence-electron chi connectivity index (χ4n) is 0.465. The van der Waals surface area contributed by atoms with Crippen LogP contribution in [0.3, 0.4) is 0 Å². The lowest BCUT2D eigenvalue weighted by molar-refractivity contribution is 0.0456. The topological polar surface area (TPSA) is 33.0 Å². The second-order valence-corrected chi connectivity index (χ2v) is 2.92. The zero-order valence-electron chi connectivity index (χ0n) is 4.46. The van der Waals surface area contributed by atoms with Crippen molar-refractivity contribution in [3.63, 3.8) is 0 Å². The minimum Gasteiger partial charge on any atom is -0.379 e. The van der Waals surface area contributed by atoms with Crippen molar-refractivity contribution in [1.82, 2.24) is 0 Å². The van der Waals surface area contributed by atoms with Crippen molar-refractivity contribution in [2.24, 2.45) is 0 Å². The third-order valence-electron chi connectivity index (χ3n) is 0.991. The van der Waals surface area contributed by atoms with Crippen LogP contribution in [0.5, 0.6) is 0 Å². The van der Waals surface area contributed by atoms with Crippen LogP contribution in [0.25, 0.3) is 0 Å². The van der Waals surface area contributed by atoms with E-state index >= 15 is 0 Å². The molecule has 44 valence electrons. The SMILES string of the molecule is N#CCSC1COC1. The van der Waals surface area contributed by atoms with Gasteiger partial charge in [-0.05, 0) is 0 Å². The average molecular weight is 129 g/mol. The van der Waals surface area contributed by atoms with Gasteiger partial charge in [-0.3, -0.25) is 0 Å². The zero-order chi connectivity index (χ0) is 5.82.